The van der Waals surface area contributed by atoms with Crippen molar-refractivity contribution >= 4 is 11.4 Å². The molecule has 2 aromatic carbocycles. The molecule has 1 heterocycles. The minimum atomic E-state index is -0.365. The van der Waals surface area contributed by atoms with Crippen LogP contribution >= 0.6 is 0 Å². The number of rotatable bonds is 2. The van der Waals surface area contributed by atoms with Crippen LogP contribution in [0.2, 0.25) is 0 Å². The number of para-hydroxylation sites is 3. The molecule has 0 aliphatic carbocycles. The smallest absolute Gasteiger partial charge is 0.292 e. The fraction of sp³-hybridized carbons (Fsp3) is 0.143. The fourth-order valence-electron chi connectivity index (χ4n) is 2.21. The van der Waals surface area contributed by atoms with E-state index in [0.717, 1.165) is 11.3 Å². The zero-order valence-electron chi connectivity index (χ0n) is 10.2. The maximum atomic E-state index is 11.0. The minimum Gasteiger partial charge on any atom is -0.473 e. The number of ether oxygens (including phenoxy) is 1. The van der Waals surface area contributed by atoms with Gasteiger partial charge in [0.25, 0.3) is 5.69 Å². The molecule has 0 spiro atoms. The van der Waals surface area contributed by atoms with Crippen LogP contribution in [0.4, 0.5) is 11.4 Å². The number of hydrogen-bond acceptors (Lipinski definition) is 4. The molecule has 0 aromatic heterocycles. The second-order valence-electron chi connectivity index (χ2n) is 4.32. The van der Waals surface area contributed by atoms with Gasteiger partial charge in [-0.25, -0.2) is 0 Å². The molecule has 1 aliphatic heterocycles. The maximum Gasteiger partial charge on any atom is 0.292 e. The lowest BCUT2D eigenvalue weighted by Gasteiger charge is -2.30. The van der Waals surface area contributed by atoms with E-state index in [1.165, 1.54) is 6.07 Å². The number of hydrogen-bond donors (Lipinski definition) is 0. The summed E-state index contributed by atoms with van der Waals surface area (Å²) in [5.41, 5.74) is 1.72. The summed E-state index contributed by atoms with van der Waals surface area (Å²) in [5.74, 6) is 0.845. The Morgan fingerprint density at radius 2 is 1.84 bits per heavy atom. The Labute approximate surface area is 110 Å². The average molecular weight is 256 g/mol. The van der Waals surface area contributed by atoms with Crippen LogP contribution in [0.1, 0.15) is 5.56 Å². The quantitative estimate of drug-likeness (QED) is 0.612. The Morgan fingerprint density at radius 1 is 1.11 bits per heavy atom. The van der Waals surface area contributed by atoms with E-state index in [1.54, 1.807) is 18.2 Å². The Bertz CT molecular complexity index is 628. The third kappa shape index (κ3) is 2.10. The van der Waals surface area contributed by atoms with Gasteiger partial charge in [0.2, 0.25) is 0 Å². The van der Waals surface area contributed by atoms with Crippen LogP contribution in [0.5, 0.6) is 5.75 Å². The summed E-state index contributed by atoms with van der Waals surface area (Å²) in [7, 11) is 0. The third-order valence-electron chi connectivity index (χ3n) is 3.13. The Balaban J connectivity index is 1.95. The average Bonchev–Trinajstić information content (AvgIpc) is 2.46. The molecule has 1 aliphatic rings. The summed E-state index contributed by atoms with van der Waals surface area (Å²) < 4.78 is 5.63. The number of fused-ring (bicyclic) bond motifs is 1. The molecule has 5 nitrogen and oxygen atoms in total. The number of anilines is 1. The van der Waals surface area contributed by atoms with Crippen molar-refractivity contribution in [2.45, 2.75) is 6.54 Å². The SMILES string of the molecule is O=[N+]([O-])c1ccccc1N1COc2ccccc2C1. The Kier molecular flexibility index (Phi) is 2.79. The number of nitro benzene ring substituents is 1. The molecule has 3 rings (SSSR count). The van der Waals surface area contributed by atoms with Gasteiger partial charge < -0.3 is 9.64 Å². The molecule has 5 heteroatoms. The molecule has 2 aromatic rings. The van der Waals surface area contributed by atoms with Gasteiger partial charge in [0.05, 0.1) is 11.5 Å². The van der Waals surface area contributed by atoms with Gasteiger partial charge in [-0.3, -0.25) is 10.1 Å². The first-order chi connectivity index (χ1) is 9.25. The van der Waals surface area contributed by atoms with Crippen molar-refractivity contribution < 1.29 is 9.66 Å². The monoisotopic (exact) mass is 256 g/mol. The first kappa shape index (κ1) is 11.5. The largest absolute Gasteiger partial charge is 0.473 e. The summed E-state index contributed by atoms with van der Waals surface area (Å²) in [6, 6.07) is 14.4. The molecule has 0 fully saturated rings. The van der Waals surface area contributed by atoms with Crippen molar-refractivity contribution in [1.29, 1.82) is 0 Å². The number of benzene rings is 2. The van der Waals surface area contributed by atoms with Gasteiger partial charge in [-0.05, 0) is 12.1 Å². The van der Waals surface area contributed by atoms with Crippen LogP contribution < -0.4 is 9.64 Å². The van der Waals surface area contributed by atoms with E-state index < -0.39 is 0 Å². The van der Waals surface area contributed by atoms with Gasteiger partial charge in [0, 0.05) is 11.6 Å². The van der Waals surface area contributed by atoms with Crippen LogP contribution in [0, 0.1) is 10.1 Å². The third-order valence-corrected chi connectivity index (χ3v) is 3.13. The predicted molar refractivity (Wildman–Crippen MR) is 71.2 cm³/mol. The standard InChI is InChI=1S/C14H12N2O3/c17-16(18)13-7-3-2-6-12(13)15-9-11-5-1-4-8-14(11)19-10-15/h1-8H,9-10H2. The molecule has 0 radical (unpaired) electrons. The maximum absolute atomic E-state index is 11.0. The van der Waals surface area contributed by atoms with Crippen LogP contribution in [0.25, 0.3) is 0 Å². The second-order valence-corrected chi connectivity index (χ2v) is 4.32. The highest BCUT2D eigenvalue weighted by Gasteiger charge is 2.23. The number of nitro groups is 1. The highest BCUT2D eigenvalue weighted by Crippen LogP contribution is 2.33. The van der Waals surface area contributed by atoms with E-state index in [-0.39, 0.29) is 10.6 Å². The molecule has 96 valence electrons. The Morgan fingerprint density at radius 3 is 2.68 bits per heavy atom. The second kappa shape index (κ2) is 4.61. The summed E-state index contributed by atoms with van der Waals surface area (Å²) in [4.78, 5) is 12.5. The topological polar surface area (TPSA) is 55.6 Å². The van der Waals surface area contributed by atoms with Gasteiger partial charge in [-0.2, -0.15) is 0 Å². The minimum absolute atomic E-state index is 0.102. The Hall–Kier alpha value is -2.56. The fourth-order valence-corrected chi connectivity index (χ4v) is 2.21. The van der Waals surface area contributed by atoms with Crippen molar-refractivity contribution in [3.8, 4) is 5.75 Å². The van der Waals surface area contributed by atoms with Gasteiger partial charge in [0.15, 0.2) is 6.73 Å². The highest BCUT2D eigenvalue weighted by molar-refractivity contribution is 5.63. The van der Waals surface area contributed by atoms with E-state index >= 15 is 0 Å². The van der Waals surface area contributed by atoms with E-state index in [1.807, 2.05) is 29.2 Å². The zero-order valence-corrected chi connectivity index (χ0v) is 10.2. The van der Waals surface area contributed by atoms with E-state index in [4.69, 9.17) is 4.74 Å². The van der Waals surface area contributed by atoms with Crippen molar-refractivity contribution in [3.63, 3.8) is 0 Å². The highest BCUT2D eigenvalue weighted by atomic mass is 16.6. The van der Waals surface area contributed by atoms with Crippen LogP contribution in [-0.2, 0) is 6.54 Å². The van der Waals surface area contributed by atoms with E-state index in [9.17, 15) is 10.1 Å². The summed E-state index contributed by atoms with van der Waals surface area (Å²) in [5, 5.41) is 11.0. The molecular weight excluding hydrogens is 244 g/mol. The molecule has 0 atom stereocenters. The van der Waals surface area contributed by atoms with Crippen LogP contribution in [-0.4, -0.2) is 11.7 Å². The van der Waals surface area contributed by atoms with Gasteiger partial charge in [-0.1, -0.05) is 30.3 Å². The van der Waals surface area contributed by atoms with Crippen molar-refractivity contribution in [3.05, 3.63) is 64.2 Å². The summed E-state index contributed by atoms with van der Waals surface area (Å²) in [6.45, 7) is 0.933. The van der Waals surface area contributed by atoms with E-state index in [2.05, 4.69) is 0 Å². The van der Waals surface area contributed by atoms with Gasteiger partial charge >= 0.3 is 0 Å². The normalized spacial score (nSPS) is 13.6. The molecule has 0 bridgehead atoms. The van der Waals surface area contributed by atoms with Crippen LogP contribution in [0.3, 0.4) is 0 Å². The first-order valence-corrected chi connectivity index (χ1v) is 5.95. The summed E-state index contributed by atoms with van der Waals surface area (Å²) in [6.07, 6.45) is 0. The van der Waals surface area contributed by atoms with Crippen molar-refractivity contribution in [2.75, 3.05) is 11.6 Å². The molecule has 0 saturated heterocycles. The summed E-state index contributed by atoms with van der Waals surface area (Å²) >= 11 is 0. The van der Waals surface area contributed by atoms with Crippen molar-refractivity contribution in [2.24, 2.45) is 0 Å². The van der Waals surface area contributed by atoms with E-state index in [0.29, 0.717) is 19.0 Å². The molecule has 0 N–H and O–H groups in total. The lowest BCUT2D eigenvalue weighted by Crippen LogP contribution is -2.32. The molecule has 19 heavy (non-hydrogen) atoms. The number of nitrogens with zero attached hydrogens (tertiary/aromatic N) is 2. The van der Waals surface area contributed by atoms with Gasteiger partial charge in [0.1, 0.15) is 11.4 Å². The first-order valence-electron chi connectivity index (χ1n) is 5.95. The molecular formula is C14H12N2O3. The molecule has 0 saturated carbocycles. The lowest BCUT2D eigenvalue weighted by molar-refractivity contribution is -0.384. The van der Waals surface area contributed by atoms with Gasteiger partial charge in [-0.15, -0.1) is 0 Å². The zero-order chi connectivity index (χ0) is 13.2. The predicted octanol–water partition coefficient (Wildman–Crippen LogP) is 2.95. The molecule has 0 unspecified atom stereocenters. The molecule has 0 amide bonds. The van der Waals surface area contributed by atoms with Crippen LogP contribution in [0.15, 0.2) is 48.5 Å². The lowest BCUT2D eigenvalue weighted by atomic mass is 10.1. The van der Waals surface area contributed by atoms with Crippen molar-refractivity contribution in [1.82, 2.24) is 0 Å².